The van der Waals surface area contributed by atoms with Crippen LogP contribution in [-0.2, 0) is 0 Å². The van der Waals surface area contributed by atoms with E-state index < -0.39 is 0 Å². The number of aromatic nitrogens is 1. The lowest BCUT2D eigenvalue weighted by atomic mass is 9.97. The molecule has 0 aliphatic heterocycles. The number of hydrogen-bond donors (Lipinski definition) is 0. The van der Waals surface area contributed by atoms with Crippen molar-refractivity contribution >= 4 is 53.1 Å². The second-order valence-corrected chi connectivity index (χ2v) is 10.5. The van der Waals surface area contributed by atoms with Crippen LogP contribution in [0.1, 0.15) is 0 Å². The average molecular weight is 470 g/mol. The highest BCUT2D eigenvalue weighted by Gasteiger charge is 2.12. The van der Waals surface area contributed by atoms with Crippen molar-refractivity contribution in [1.82, 2.24) is 4.98 Å². The van der Waals surface area contributed by atoms with Crippen LogP contribution in [0.5, 0.6) is 0 Å². The molecule has 0 saturated heterocycles. The first-order chi connectivity index (χ1) is 16.8. The summed E-state index contributed by atoms with van der Waals surface area (Å²) in [5.41, 5.74) is 7.26. The van der Waals surface area contributed by atoms with Crippen LogP contribution in [0, 0.1) is 0 Å². The molecule has 0 unspecified atom stereocenters. The van der Waals surface area contributed by atoms with Crippen LogP contribution >= 0.6 is 22.7 Å². The van der Waals surface area contributed by atoms with E-state index in [2.05, 4.69) is 109 Å². The molecule has 0 bridgehead atoms. The maximum absolute atomic E-state index is 4.81. The lowest BCUT2D eigenvalue weighted by Crippen LogP contribution is -1.81. The summed E-state index contributed by atoms with van der Waals surface area (Å²) in [5, 5.41) is 3.74. The smallest absolute Gasteiger partial charge is 0.124 e. The first-order valence-electron chi connectivity index (χ1n) is 11.3. The fourth-order valence-corrected chi connectivity index (χ4v) is 6.75. The van der Waals surface area contributed by atoms with Crippen LogP contribution < -0.4 is 0 Å². The summed E-state index contributed by atoms with van der Waals surface area (Å²) in [5.74, 6) is 0. The number of fused-ring (bicyclic) bond motifs is 4. The minimum absolute atomic E-state index is 1.07. The van der Waals surface area contributed by atoms with Crippen LogP contribution in [0.4, 0.5) is 0 Å². The number of thiophene rings is 1. The average Bonchev–Trinajstić information content (AvgIpc) is 3.50. The van der Waals surface area contributed by atoms with Gasteiger partial charge in [0.15, 0.2) is 0 Å². The molecule has 0 radical (unpaired) electrons. The Bertz CT molecular complexity index is 1760. The Morgan fingerprint density at radius 3 is 2.06 bits per heavy atom. The quantitative estimate of drug-likeness (QED) is 0.251. The van der Waals surface area contributed by atoms with Crippen LogP contribution in [0.25, 0.3) is 63.2 Å². The van der Waals surface area contributed by atoms with Crippen LogP contribution in [0.3, 0.4) is 0 Å². The van der Waals surface area contributed by atoms with E-state index >= 15 is 0 Å². The summed E-state index contributed by atoms with van der Waals surface area (Å²) in [6.07, 6.45) is 0. The Morgan fingerprint density at radius 1 is 0.471 bits per heavy atom. The van der Waals surface area contributed by atoms with Gasteiger partial charge in [-0.15, -0.1) is 22.7 Å². The number of thiazole rings is 1. The lowest BCUT2D eigenvalue weighted by molar-refractivity contribution is 1.48. The van der Waals surface area contributed by atoms with Gasteiger partial charge in [0.05, 0.1) is 10.2 Å². The number of nitrogens with zero attached hydrogens (tertiary/aromatic N) is 1. The van der Waals surface area contributed by atoms with Gasteiger partial charge in [0, 0.05) is 25.7 Å². The molecule has 2 aromatic heterocycles. The van der Waals surface area contributed by atoms with Crippen LogP contribution in [0.2, 0.25) is 0 Å². The Labute approximate surface area is 205 Å². The Hall–Kier alpha value is -3.79. The minimum Gasteiger partial charge on any atom is -0.236 e. The summed E-state index contributed by atoms with van der Waals surface area (Å²) in [4.78, 5) is 4.81. The Kier molecular flexibility index (Phi) is 4.57. The molecule has 0 N–H and O–H groups in total. The molecular weight excluding hydrogens is 450 g/mol. The second kappa shape index (κ2) is 7.91. The maximum atomic E-state index is 4.81. The van der Waals surface area contributed by atoms with Gasteiger partial charge in [0.2, 0.25) is 0 Å². The highest BCUT2D eigenvalue weighted by Crippen LogP contribution is 2.41. The molecule has 7 rings (SSSR count). The van der Waals surface area contributed by atoms with Gasteiger partial charge in [-0.25, -0.2) is 4.98 Å². The van der Waals surface area contributed by atoms with E-state index in [0.29, 0.717) is 0 Å². The normalized spacial score (nSPS) is 11.5. The molecule has 5 aromatic carbocycles. The van der Waals surface area contributed by atoms with E-state index in [1.807, 2.05) is 17.4 Å². The minimum atomic E-state index is 1.07. The van der Waals surface area contributed by atoms with Gasteiger partial charge >= 0.3 is 0 Å². The fraction of sp³-hybridized carbons (Fsp3) is 0. The van der Waals surface area contributed by atoms with E-state index in [-0.39, 0.29) is 0 Å². The van der Waals surface area contributed by atoms with Gasteiger partial charge in [0.25, 0.3) is 0 Å². The zero-order valence-corrected chi connectivity index (χ0v) is 19.9. The van der Waals surface area contributed by atoms with Gasteiger partial charge in [-0.3, -0.25) is 0 Å². The largest absolute Gasteiger partial charge is 0.236 e. The third-order valence-electron chi connectivity index (χ3n) is 6.34. The van der Waals surface area contributed by atoms with Crippen molar-refractivity contribution in [3.05, 3.63) is 115 Å². The third kappa shape index (κ3) is 3.25. The summed E-state index contributed by atoms with van der Waals surface area (Å²) in [6, 6.07) is 41.3. The molecular formula is C31H19NS2. The molecule has 2 heterocycles. The number of benzene rings is 5. The van der Waals surface area contributed by atoms with Gasteiger partial charge in [0.1, 0.15) is 5.01 Å². The zero-order valence-electron chi connectivity index (χ0n) is 18.2. The van der Waals surface area contributed by atoms with Crippen molar-refractivity contribution in [2.24, 2.45) is 0 Å². The first-order valence-corrected chi connectivity index (χ1v) is 12.9. The number of hydrogen-bond acceptors (Lipinski definition) is 3. The van der Waals surface area contributed by atoms with Crippen LogP contribution in [-0.4, -0.2) is 4.98 Å². The maximum Gasteiger partial charge on any atom is 0.124 e. The highest BCUT2D eigenvalue weighted by molar-refractivity contribution is 7.26. The Morgan fingerprint density at radius 2 is 1.21 bits per heavy atom. The van der Waals surface area contributed by atoms with Gasteiger partial charge in [-0.2, -0.15) is 0 Å². The molecule has 7 aromatic rings. The summed E-state index contributed by atoms with van der Waals surface area (Å²) in [7, 11) is 0. The molecule has 1 nitrogen and oxygen atoms in total. The topological polar surface area (TPSA) is 12.9 Å². The Balaban J connectivity index is 1.33. The van der Waals surface area contributed by atoms with Crippen molar-refractivity contribution in [2.75, 3.05) is 0 Å². The summed E-state index contributed by atoms with van der Waals surface area (Å²) >= 11 is 3.62. The van der Waals surface area contributed by atoms with Crippen molar-refractivity contribution < 1.29 is 0 Å². The van der Waals surface area contributed by atoms with Crippen LogP contribution in [0.15, 0.2) is 115 Å². The van der Waals surface area contributed by atoms with E-state index in [1.165, 1.54) is 52.7 Å². The number of rotatable bonds is 3. The standard InChI is InChI=1S/C31H19NS2/c1-2-7-21(8-3-1)24-9-6-12-29-30(24)25-19-23(17-18-27(25)33-29)20-13-15-22(16-14-20)31-32-26-10-4-5-11-28(26)34-31/h1-19H. The van der Waals surface area contributed by atoms with Crippen molar-refractivity contribution in [3.8, 4) is 32.8 Å². The lowest BCUT2D eigenvalue weighted by Gasteiger charge is -2.06. The predicted octanol–water partition coefficient (Wildman–Crippen LogP) is 9.67. The van der Waals surface area contributed by atoms with Gasteiger partial charge < -0.3 is 0 Å². The van der Waals surface area contributed by atoms with E-state index in [0.717, 1.165) is 10.5 Å². The fourth-order valence-electron chi connectivity index (χ4n) is 4.67. The van der Waals surface area contributed by atoms with Gasteiger partial charge in [-0.05, 0) is 52.6 Å². The molecule has 0 aliphatic rings. The van der Waals surface area contributed by atoms with E-state index in [4.69, 9.17) is 4.98 Å². The van der Waals surface area contributed by atoms with Crippen molar-refractivity contribution in [1.29, 1.82) is 0 Å². The molecule has 160 valence electrons. The van der Waals surface area contributed by atoms with Crippen molar-refractivity contribution in [3.63, 3.8) is 0 Å². The molecule has 3 heteroatoms. The van der Waals surface area contributed by atoms with Crippen molar-refractivity contribution in [2.45, 2.75) is 0 Å². The second-order valence-electron chi connectivity index (χ2n) is 8.42. The van der Waals surface area contributed by atoms with E-state index in [9.17, 15) is 0 Å². The van der Waals surface area contributed by atoms with Gasteiger partial charge in [-0.1, -0.05) is 84.9 Å². The predicted molar refractivity (Wildman–Crippen MR) is 149 cm³/mol. The molecule has 0 aliphatic carbocycles. The SMILES string of the molecule is c1ccc(-c2cccc3sc4ccc(-c5ccc(-c6nc7ccccc7s6)cc5)cc4c23)cc1. The number of para-hydroxylation sites is 1. The summed E-state index contributed by atoms with van der Waals surface area (Å²) in [6.45, 7) is 0. The molecule has 0 saturated carbocycles. The first kappa shape index (κ1) is 19.7. The molecule has 0 fully saturated rings. The molecule has 0 atom stereocenters. The zero-order chi connectivity index (χ0) is 22.5. The molecule has 0 amide bonds. The highest BCUT2D eigenvalue weighted by atomic mass is 32.1. The summed E-state index contributed by atoms with van der Waals surface area (Å²) < 4.78 is 3.89. The third-order valence-corrected chi connectivity index (χ3v) is 8.56. The van der Waals surface area contributed by atoms with E-state index in [1.54, 1.807) is 11.3 Å². The monoisotopic (exact) mass is 469 g/mol. The molecule has 34 heavy (non-hydrogen) atoms. The molecule has 0 spiro atoms.